The molecule has 2 heteroatoms. The molecule has 0 aromatic carbocycles. The zero-order valence-corrected chi connectivity index (χ0v) is 8.97. The van der Waals surface area contributed by atoms with Gasteiger partial charge < -0.3 is 0 Å². The van der Waals surface area contributed by atoms with Crippen molar-refractivity contribution in [3.8, 4) is 0 Å². The molecule has 66 valence electrons. The molecular weight excluding hydrogens is 176 g/mol. The van der Waals surface area contributed by atoms with Crippen LogP contribution in [0.1, 0.15) is 26.7 Å². The van der Waals surface area contributed by atoms with Crippen LogP contribution in [0.15, 0.2) is 11.6 Å². The zero-order chi connectivity index (χ0) is 8.32. The maximum atomic E-state index is 6.49. The van der Waals surface area contributed by atoms with E-state index in [9.17, 15) is 0 Å². The molecule has 0 atom stereocenters. The second-order valence-corrected chi connectivity index (χ2v) is 8.28. The smallest absolute Gasteiger partial charge is 0.0107 e. The largest absolute Gasteiger partial charge is 0.159 e. The average molecular weight is 193 g/mol. The molecule has 1 fully saturated rings. The molecule has 0 aliphatic carbocycles. The highest BCUT2D eigenvalue weighted by Gasteiger charge is 2.25. The normalized spacial score (nSPS) is 27.0. The number of halogens is 1. The first-order chi connectivity index (χ1) is 5.16. The van der Waals surface area contributed by atoms with E-state index in [1.807, 2.05) is 0 Å². The Hall–Kier alpha value is 0.380. The molecule has 1 aliphatic rings. The number of hydrogen-bond acceptors (Lipinski definition) is 0. The van der Waals surface area contributed by atoms with Crippen LogP contribution in [0.3, 0.4) is 0 Å². The Labute approximate surface area is 75.8 Å². The van der Waals surface area contributed by atoms with E-state index in [4.69, 9.17) is 10.7 Å². The van der Waals surface area contributed by atoms with Crippen LogP contribution in [0.5, 0.6) is 0 Å². The highest BCUT2D eigenvalue weighted by Crippen LogP contribution is 2.59. The summed E-state index contributed by atoms with van der Waals surface area (Å²) in [6, 6.07) is 0. The van der Waals surface area contributed by atoms with Crippen molar-refractivity contribution < 1.29 is 0 Å². The first kappa shape index (κ1) is 9.47. The molecule has 0 N–H and O–H groups in total. The van der Waals surface area contributed by atoms with Crippen LogP contribution in [-0.4, -0.2) is 17.3 Å². The van der Waals surface area contributed by atoms with E-state index in [0.717, 1.165) is 0 Å². The molecule has 0 aromatic heterocycles. The summed E-state index contributed by atoms with van der Waals surface area (Å²) in [4.78, 5) is 0. The third-order valence-electron chi connectivity index (χ3n) is 2.25. The fraction of sp³-hybridized carbons (Fsp3) is 0.778. The van der Waals surface area contributed by atoms with E-state index in [1.54, 1.807) is 0 Å². The Bertz CT molecular complexity index is 157. The van der Waals surface area contributed by atoms with Crippen LogP contribution in [0, 0.1) is 0 Å². The highest BCUT2D eigenvalue weighted by atomic mass is 35.7. The van der Waals surface area contributed by atoms with Crippen molar-refractivity contribution in [1.82, 2.24) is 0 Å². The molecule has 1 heterocycles. The Morgan fingerprint density at radius 3 is 2.45 bits per heavy atom. The molecule has 1 rings (SSSR count). The fourth-order valence-electron chi connectivity index (χ4n) is 1.46. The third kappa shape index (κ3) is 2.72. The summed E-state index contributed by atoms with van der Waals surface area (Å²) in [5.74, 6) is 3.75. The Morgan fingerprint density at radius 2 is 2.00 bits per heavy atom. The molecule has 0 nitrogen and oxygen atoms in total. The van der Waals surface area contributed by atoms with Gasteiger partial charge in [-0.2, -0.15) is 9.24 Å². The summed E-state index contributed by atoms with van der Waals surface area (Å²) >= 11 is 0. The topological polar surface area (TPSA) is 0 Å². The van der Waals surface area contributed by atoms with E-state index >= 15 is 0 Å². The lowest BCUT2D eigenvalue weighted by Crippen LogP contribution is -2.00. The van der Waals surface area contributed by atoms with Crippen LogP contribution in [-0.2, 0) is 0 Å². The molecule has 0 saturated carbocycles. The van der Waals surface area contributed by atoms with Gasteiger partial charge in [0.05, 0.1) is 0 Å². The molecular formula is C9H17ClS. The van der Waals surface area contributed by atoms with Gasteiger partial charge >= 0.3 is 0 Å². The van der Waals surface area contributed by atoms with Gasteiger partial charge in [-0.05, 0) is 38.2 Å². The number of hydrogen-bond donors (Lipinski definition) is 0. The summed E-state index contributed by atoms with van der Waals surface area (Å²) < 4.78 is 0. The fourth-order valence-corrected chi connectivity index (χ4v) is 5.55. The van der Waals surface area contributed by atoms with Crippen molar-refractivity contribution >= 4 is 19.9 Å². The highest BCUT2D eigenvalue weighted by molar-refractivity contribution is 8.51. The van der Waals surface area contributed by atoms with Crippen molar-refractivity contribution in [3.63, 3.8) is 0 Å². The average Bonchev–Trinajstić information content (AvgIpc) is 2.36. The van der Waals surface area contributed by atoms with Crippen LogP contribution in [0.2, 0.25) is 0 Å². The van der Waals surface area contributed by atoms with Crippen molar-refractivity contribution in [2.45, 2.75) is 26.7 Å². The predicted octanol–water partition coefficient (Wildman–Crippen LogP) is 3.70. The first-order valence-electron chi connectivity index (χ1n) is 4.24. The molecule has 0 amide bonds. The Balaban J connectivity index is 2.46. The summed E-state index contributed by atoms with van der Waals surface area (Å²) in [7, 11) is 5.78. The van der Waals surface area contributed by atoms with Crippen molar-refractivity contribution in [1.29, 1.82) is 0 Å². The van der Waals surface area contributed by atoms with Crippen molar-refractivity contribution in [2.75, 3.05) is 17.3 Å². The van der Waals surface area contributed by atoms with E-state index in [2.05, 4.69) is 19.9 Å². The van der Waals surface area contributed by atoms with Gasteiger partial charge in [0.15, 0.2) is 0 Å². The minimum atomic E-state index is -0.711. The van der Waals surface area contributed by atoms with E-state index in [-0.39, 0.29) is 0 Å². The van der Waals surface area contributed by atoms with Gasteiger partial charge in [0, 0.05) is 5.75 Å². The van der Waals surface area contributed by atoms with E-state index in [1.165, 1.54) is 35.7 Å². The van der Waals surface area contributed by atoms with Gasteiger partial charge in [0.2, 0.25) is 0 Å². The first-order valence-corrected chi connectivity index (χ1v) is 7.21. The molecule has 1 saturated heterocycles. The lowest BCUT2D eigenvalue weighted by molar-refractivity contribution is 0.949. The molecule has 0 bridgehead atoms. The predicted molar refractivity (Wildman–Crippen MR) is 56.7 cm³/mol. The maximum Gasteiger partial charge on any atom is 0.0107 e. The number of rotatable bonds is 2. The van der Waals surface area contributed by atoms with Gasteiger partial charge in [-0.3, -0.25) is 0 Å². The lowest BCUT2D eigenvalue weighted by Gasteiger charge is -2.27. The quantitative estimate of drug-likeness (QED) is 0.586. The molecule has 11 heavy (non-hydrogen) atoms. The summed E-state index contributed by atoms with van der Waals surface area (Å²) in [5, 5.41) is 0. The van der Waals surface area contributed by atoms with Gasteiger partial charge in [0.1, 0.15) is 0 Å². The SMILES string of the molecule is C/C=C(/C)CS1(Cl)CCCC1. The molecule has 0 unspecified atom stereocenters. The summed E-state index contributed by atoms with van der Waals surface area (Å²) in [5.41, 5.74) is 1.47. The molecule has 0 aromatic rings. The standard InChI is InChI=1S/C9H17ClS/c1-3-9(2)8-11(10)6-4-5-7-11/h3H,4-8H2,1-2H3/b9-3-. The van der Waals surface area contributed by atoms with Crippen LogP contribution < -0.4 is 0 Å². The lowest BCUT2D eigenvalue weighted by atomic mass is 10.3. The molecule has 1 aliphatic heterocycles. The molecule has 0 spiro atoms. The molecule has 0 radical (unpaired) electrons. The van der Waals surface area contributed by atoms with Crippen molar-refractivity contribution in [3.05, 3.63) is 11.6 Å². The van der Waals surface area contributed by atoms with Gasteiger partial charge in [-0.15, -0.1) is 0 Å². The van der Waals surface area contributed by atoms with Crippen LogP contribution in [0.25, 0.3) is 0 Å². The third-order valence-corrected chi connectivity index (χ3v) is 6.52. The summed E-state index contributed by atoms with van der Waals surface area (Å²) in [6.07, 6.45) is 4.90. The van der Waals surface area contributed by atoms with Gasteiger partial charge in [0.25, 0.3) is 0 Å². The minimum absolute atomic E-state index is 0.711. The monoisotopic (exact) mass is 192 g/mol. The van der Waals surface area contributed by atoms with Gasteiger partial charge in [-0.25, -0.2) is 0 Å². The number of allylic oxidation sites excluding steroid dienone is 1. The Morgan fingerprint density at radius 1 is 1.45 bits per heavy atom. The van der Waals surface area contributed by atoms with Crippen LogP contribution >= 0.6 is 19.9 Å². The van der Waals surface area contributed by atoms with E-state index in [0.29, 0.717) is 0 Å². The second kappa shape index (κ2) is 3.86. The zero-order valence-electron chi connectivity index (χ0n) is 7.40. The maximum absolute atomic E-state index is 6.49. The van der Waals surface area contributed by atoms with Crippen molar-refractivity contribution in [2.24, 2.45) is 0 Å². The van der Waals surface area contributed by atoms with Crippen LogP contribution in [0.4, 0.5) is 0 Å². The summed E-state index contributed by atoms with van der Waals surface area (Å²) in [6.45, 7) is 4.29. The second-order valence-electron chi connectivity index (χ2n) is 3.33. The Kier molecular flexibility index (Phi) is 3.32. The van der Waals surface area contributed by atoms with Gasteiger partial charge in [-0.1, -0.05) is 22.3 Å². The minimum Gasteiger partial charge on any atom is -0.159 e. The van der Waals surface area contributed by atoms with E-state index < -0.39 is 9.24 Å².